The van der Waals surface area contributed by atoms with Crippen molar-refractivity contribution in [2.45, 2.75) is 29.9 Å². The molecule has 3 nitrogen and oxygen atoms in total. The molecule has 0 radical (unpaired) electrons. The number of hydrogen-bond donors (Lipinski definition) is 1. The lowest BCUT2D eigenvalue weighted by Crippen LogP contribution is -2.50. The monoisotopic (exact) mass is 279 g/mol. The summed E-state index contributed by atoms with van der Waals surface area (Å²) in [6.45, 7) is 1.77. The van der Waals surface area contributed by atoms with Crippen LogP contribution in [0.15, 0.2) is 29.2 Å². The number of thioether (sulfide) groups is 1. The Kier molecular flexibility index (Phi) is 4.31. The number of likely N-dealkylation sites (N-methyl/N-ethyl adjacent to an activating group) is 1. The van der Waals surface area contributed by atoms with E-state index in [1.165, 1.54) is 17.7 Å². The van der Waals surface area contributed by atoms with Crippen molar-refractivity contribution in [1.82, 2.24) is 5.32 Å². The fraction of sp³-hybridized carbons (Fsp3) is 0.600. The maximum atomic E-state index is 6.20. The molecule has 1 aromatic rings. The van der Waals surface area contributed by atoms with Crippen molar-refractivity contribution in [3.05, 3.63) is 24.3 Å². The maximum Gasteiger partial charge on any atom is 0.133 e. The Labute approximate surface area is 119 Å². The largest absolute Gasteiger partial charge is 0.487 e. The van der Waals surface area contributed by atoms with E-state index in [-0.39, 0.29) is 6.10 Å². The van der Waals surface area contributed by atoms with Gasteiger partial charge in [-0.15, -0.1) is 11.8 Å². The molecule has 3 rings (SSSR count). The molecule has 104 valence electrons. The quantitative estimate of drug-likeness (QED) is 0.921. The summed E-state index contributed by atoms with van der Waals surface area (Å²) in [5, 5.41) is 3.45. The molecule has 3 atom stereocenters. The molecule has 4 heteroatoms. The van der Waals surface area contributed by atoms with Crippen LogP contribution in [-0.4, -0.2) is 38.2 Å². The van der Waals surface area contributed by atoms with Gasteiger partial charge in [0.2, 0.25) is 0 Å². The smallest absolute Gasteiger partial charge is 0.133 e. The molecule has 1 aromatic carbocycles. The highest BCUT2D eigenvalue weighted by atomic mass is 32.2. The van der Waals surface area contributed by atoms with Crippen LogP contribution in [0.5, 0.6) is 5.75 Å². The minimum absolute atomic E-state index is 0.233. The van der Waals surface area contributed by atoms with Crippen molar-refractivity contribution in [3.63, 3.8) is 0 Å². The Hall–Kier alpha value is -0.710. The van der Waals surface area contributed by atoms with E-state index in [1.807, 2.05) is 24.9 Å². The molecule has 1 fully saturated rings. The fourth-order valence-corrected chi connectivity index (χ4v) is 4.04. The summed E-state index contributed by atoms with van der Waals surface area (Å²) in [4.78, 5) is 1.26. The Morgan fingerprint density at radius 3 is 3.05 bits per heavy atom. The molecular formula is C15H21NO2S. The van der Waals surface area contributed by atoms with Crippen molar-refractivity contribution in [2.24, 2.45) is 5.92 Å². The number of ether oxygens (including phenoxy) is 2. The second kappa shape index (κ2) is 6.16. The van der Waals surface area contributed by atoms with Crippen molar-refractivity contribution in [2.75, 3.05) is 26.0 Å². The summed E-state index contributed by atoms with van der Waals surface area (Å²) in [7, 11) is 2.04. The molecule has 1 saturated heterocycles. The molecule has 0 aliphatic carbocycles. The lowest BCUT2D eigenvalue weighted by molar-refractivity contribution is 0.0175. The Balaban J connectivity index is 1.71. The van der Waals surface area contributed by atoms with Crippen LogP contribution < -0.4 is 10.1 Å². The van der Waals surface area contributed by atoms with Crippen molar-refractivity contribution >= 4 is 11.8 Å². The van der Waals surface area contributed by atoms with Gasteiger partial charge in [0.05, 0.1) is 6.61 Å². The van der Waals surface area contributed by atoms with Gasteiger partial charge >= 0.3 is 0 Å². The molecule has 3 unspecified atom stereocenters. The number of para-hydroxylation sites is 1. The molecule has 0 bridgehead atoms. The standard InChI is InChI=1S/C15H21NO2S/c1-16-15(11-5-4-8-17-9-11)13-10-19-14-7-3-2-6-12(14)18-13/h2-3,6-7,11,13,15-16H,4-5,8-10H2,1H3. The van der Waals surface area contributed by atoms with Gasteiger partial charge in [0.25, 0.3) is 0 Å². The number of hydrogen-bond acceptors (Lipinski definition) is 4. The van der Waals surface area contributed by atoms with Gasteiger partial charge in [-0.2, -0.15) is 0 Å². The van der Waals surface area contributed by atoms with Crippen molar-refractivity contribution < 1.29 is 9.47 Å². The third-order valence-corrected chi connectivity index (χ3v) is 5.11. The zero-order valence-electron chi connectivity index (χ0n) is 11.3. The van der Waals surface area contributed by atoms with E-state index in [2.05, 4.69) is 23.5 Å². The van der Waals surface area contributed by atoms with E-state index in [9.17, 15) is 0 Å². The van der Waals surface area contributed by atoms with Gasteiger partial charge in [-0.05, 0) is 32.0 Å². The Morgan fingerprint density at radius 2 is 2.26 bits per heavy atom. The van der Waals surface area contributed by atoms with E-state index in [4.69, 9.17) is 9.47 Å². The summed E-state index contributed by atoms with van der Waals surface area (Å²) in [5.41, 5.74) is 0. The number of benzene rings is 1. The van der Waals surface area contributed by atoms with Crippen LogP contribution in [0, 0.1) is 5.92 Å². The van der Waals surface area contributed by atoms with Crippen molar-refractivity contribution in [3.8, 4) is 5.75 Å². The summed E-state index contributed by atoms with van der Waals surface area (Å²) in [6.07, 6.45) is 2.63. The molecule has 2 aliphatic rings. The second-order valence-electron chi connectivity index (χ2n) is 5.21. The summed E-state index contributed by atoms with van der Waals surface area (Å²) in [5.74, 6) is 2.61. The molecular weight excluding hydrogens is 258 g/mol. The topological polar surface area (TPSA) is 30.5 Å². The third kappa shape index (κ3) is 2.91. The maximum absolute atomic E-state index is 6.20. The predicted octanol–water partition coefficient (Wildman–Crippen LogP) is 2.55. The molecule has 0 aromatic heterocycles. The molecule has 0 spiro atoms. The first-order valence-electron chi connectivity index (χ1n) is 7.02. The zero-order chi connectivity index (χ0) is 13.1. The average molecular weight is 279 g/mol. The van der Waals surface area contributed by atoms with Gasteiger partial charge in [0, 0.05) is 29.2 Å². The van der Waals surface area contributed by atoms with E-state index >= 15 is 0 Å². The second-order valence-corrected chi connectivity index (χ2v) is 6.27. The third-order valence-electron chi connectivity index (χ3n) is 3.97. The molecule has 1 N–H and O–H groups in total. The Bertz CT molecular complexity index is 420. The van der Waals surface area contributed by atoms with Crippen LogP contribution in [0.25, 0.3) is 0 Å². The van der Waals surface area contributed by atoms with Gasteiger partial charge in [-0.3, -0.25) is 0 Å². The lowest BCUT2D eigenvalue weighted by atomic mass is 9.90. The molecule has 0 amide bonds. The van der Waals surface area contributed by atoms with Crippen LogP contribution in [-0.2, 0) is 4.74 Å². The SMILES string of the molecule is CNC(C1CCCOC1)C1CSc2ccccc2O1. The fourth-order valence-electron chi connectivity index (χ4n) is 2.99. The van der Waals surface area contributed by atoms with E-state index in [1.54, 1.807) is 0 Å². The van der Waals surface area contributed by atoms with Crippen LogP contribution in [0.3, 0.4) is 0 Å². The number of rotatable bonds is 3. The predicted molar refractivity (Wildman–Crippen MR) is 78.0 cm³/mol. The minimum atomic E-state index is 0.233. The molecule has 2 aliphatic heterocycles. The van der Waals surface area contributed by atoms with E-state index in [0.717, 1.165) is 24.7 Å². The first kappa shape index (κ1) is 13.3. The zero-order valence-corrected chi connectivity index (χ0v) is 12.1. The van der Waals surface area contributed by atoms with E-state index < -0.39 is 0 Å². The lowest BCUT2D eigenvalue weighted by Gasteiger charge is -2.37. The van der Waals surface area contributed by atoms with E-state index in [0.29, 0.717) is 12.0 Å². The number of fused-ring (bicyclic) bond motifs is 1. The summed E-state index contributed by atoms with van der Waals surface area (Å²) >= 11 is 1.90. The minimum Gasteiger partial charge on any atom is -0.487 e. The molecule has 0 saturated carbocycles. The van der Waals surface area contributed by atoms with Gasteiger partial charge in [0.15, 0.2) is 0 Å². The number of nitrogens with one attached hydrogen (secondary N) is 1. The van der Waals surface area contributed by atoms with Gasteiger partial charge in [-0.25, -0.2) is 0 Å². The first-order chi connectivity index (χ1) is 9.38. The first-order valence-corrected chi connectivity index (χ1v) is 8.00. The van der Waals surface area contributed by atoms with Crippen LogP contribution in [0.1, 0.15) is 12.8 Å². The molecule has 2 heterocycles. The molecule has 19 heavy (non-hydrogen) atoms. The summed E-state index contributed by atoms with van der Waals surface area (Å²) < 4.78 is 11.8. The normalized spacial score (nSPS) is 28.3. The highest BCUT2D eigenvalue weighted by Gasteiger charge is 2.33. The van der Waals surface area contributed by atoms with Gasteiger partial charge in [-0.1, -0.05) is 12.1 Å². The van der Waals surface area contributed by atoms with Crippen LogP contribution in [0.2, 0.25) is 0 Å². The highest BCUT2D eigenvalue weighted by molar-refractivity contribution is 7.99. The van der Waals surface area contributed by atoms with Crippen LogP contribution >= 0.6 is 11.8 Å². The van der Waals surface area contributed by atoms with Gasteiger partial charge in [0.1, 0.15) is 11.9 Å². The highest BCUT2D eigenvalue weighted by Crippen LogP contribution is 2.37. The van der Waals surface area contributed by atoms with Crippen molar-refractivity contribution in [1.29, 1.82) is 0 Å². The van der Waals surface area contributed by atoms with Crippen LogP contribution in [0.4, 0.5) is 0 Å². The average Bonchev–Trinajstić information content (AvgIpc) is 2.49. The van der Waals surface area contributed by atoms with Gasteiger partial charge < -0.3 is 14.8 Å². The Morgan fingerprint density at radius 1 is 1.37 bits per heavy atom. The summed E-state index contributed by atoms with van der Waals surface area (Å²) in [6, 6.07) is 8.69.